The summed E-state index contributed by atoms with van der Waals surface area (Å²) in [4.78, 5) is 23.4. The molecule has 0 bridgehead atoms. The highest BCUT2D eigenvalue weighted by molar-refractivity contribution is 5.85. The zero-order valence-corrected chi connectivity index (χ0v) is 13.0. The first-order valence-electron chi connectivity index (χ1n) is 7.98. The molecule has 4 atom stereocenters. The van der Waals surface area contributed by atoms with Crippen LogP contribution in [0.15, 0.2) is 0 Å². The van der Waals surface area contributed by atoms with Crippen LogP contribution in [-0.4, -0.2) is 23.0 Å². The maximum atomic E-state index is 12.2. The zero-order chi connectivity index (χ0) is 15.1. The Bertz CT molecular complexity index is 330. The topological polar surface area (TPSA) is 66.4 Å². The maximum Gasteiger partial charge on any atom is 0.307 e. The van der Waals surface area contributed by atoms with E-state index in [1.165, 1.54) is 19.3 Å². The van der Waals surface area contributed by atoms with Crippen LogP contribution >= 0.6 is 0 Å². The fourth-order valence-corrected chi connectivity index (χ4v) is 3.15. The molecule has 1 saturated carbocycles. The van der Waals surface area contributed by atoms with Gasteiger partial charge in [-0.2, -0.15) is 0 Å². The molecule has 1 aliphatic rings. The minimum absolute atomic E-state index is 0.0651. The lowest BCUT2D eigenvalue weighted by molar-refractivity contribution is -0.146. The van der Waals surface area contributed by atoms with Gasteiger partial charge in [0.15, 0.2) is 0 Å². The van der Waals surface area contributed by atoms with E-state index in [4.69, 9.17) is 0 Å². The molecule has 0 radical (unpaired) electrons. The Morgan fingerprint density at radius 3 is 2.45 bits per heavy atom. The molecule has 0 saturated heterocycles. The molecule has 0 aromatic rings. The zero-order valence-electron chi connectivity index (χ0n) is 13.0. The molecule has 116 valence electrons. The monoisotopic (exact) mass is 283 g/mol. The van der Waals surface area contributed by atoms with Crippen molar-refractivity contribution in [2.45, 2.75) is 71.8 Å². The number of carboxylic acids is 1. The molecule has 2 N–H and O–H groups in total. The standard InChI is InChI=1S/C16H29NO3/c1-4-5-6-7-8-12(3)17-15(18)13-9-11(2)10-14(13)16(19)20/h11-14H,4-10H2,1-3H3,(H,17,18)(H,19,20)/t11?,12?,13-,14+/m0/s1. The van der Waals surface area contributed by atoms with Crippen molar-refractivity contribution in [2.24, 2.45) is 17.8 Å². The summed E-state index contributed by atoms with van der Waals surface area (Å²) in [6.07, 6.45) is 7.08. The second kappa shape index (κ2) is 8.28. The van der Waals surface area contributed by atoms with Crippen molar-refractivity contribution in [1.82, 2.24) is 5.32 Å². The van der Waals surface area contributed by atoms with Gasteiger partial charge in [-0.1, -0.05) is 39.5 Å². The predicted octanol–water partition coefficient (Wildman–Crippen LogP) is 3.21. The van der Waals surface area contributed by atoms with Gasteiger partial charge in [0.2, 0.25) is 5.91 Å². The van der Waals surface area contributed by atoms with E-state index in [2.05, 4.69) is 12.2 Å². The van der Waals surface area contributed by atoms with E-state index in [0.717, 1.165) is 12.8 Å². The number of amides is 1. The molecule has 1 rings (SSSR count). The van der Waals surface area contributed by atoms with Crippen molar-refractivity contribution in [2.75, 3.05) is 0 Å². The predicted molar refractivity (Wildman–Crippen MR) is 79.4 cm³/mol. The van der Waals surface area contributed by atoms with E-state index in [1.807, 2.05) is 13.8 Å². The molecule has 0 aromatic carbocycles. The van der Waals surface area contributed by atoms with Crippen molar-refractivity contribution in [3.05, 3.63) is 0 Å². The number of carbonyl (C=O) groups is 2. The van der Waals surface area contributed by atoms with E-state index in [9.17, 15) is 14.7 Å². The molecular formula is C16H29NO3. The molecule has 0 aromatic heterocycles. The Morgan fingerprint density at radius 2 is 1.85 bits per heavy atom. The summed E-state index contributed by atoms with van der Waals surface area (Å²) in [6.45, 7) is 6.22. The number of rotatable bonds is 8. The number of nitrogens with one attached hydrogen (secondary N) is 1. The average Bonchev–Trinajstić information content (AvgIpc) is 2.77. The third kappa shape index (κ3) is 5.14. The van der Waals surface area contributed by atoms with Gasteiger partial charge in [0.25, 0.3) is 0 Å². The molecule has 0 aliphatic heterocycles. The van der Waals surface area contributed by atoms with E-state index in [1.54, 1.807) is 0 Å². The summed E-state index contributed by atoms with van der Waals surface area (Å²) in [6, 6.07) is 0.143. The Hall–Kier alpha value is -1.06. The minimum Gasteiger partial charge on any atom is -0.481 e. The van der Waals surface area contributed by atoms with Gasteiger partial charge in [-0.15, -0.1) is 0 Å². The molecule has 1 amide bonds. The van der Waals surface area contributed by atoms with Gasteiger partial charge in [0.1, 0.15) is 0 Å². The second-order valence-corrected chi connectivity index (χ2v) is 6.39. The van der Waals surface area contributed by atoms with Crippen molar-refractivity contribution >= 4 is 11.9 Å². The highest BCUT2D eigenvalue weighted by Crippen LogP contribution is 2.36. The summed E-state index contributed by atoms with van der Waals surface area (Å²) < 4.78 is 0. The second-order valence-electron chi connectivity index (χ2n) is 6.39. The minimum atomic E-state index is -0.829. The highest BCUT2D eigenvalue weighted by Gasteiger charge is 2.41. The molecule has 1 aliphatic carbocycles. The van der Waals surface area contributed by atoms with Crippen LogP contribution in [0.5, 0.6) is 0 Å². The number of carbonyl (C=O) groups excluding carboxylic acids is 1. The number of aliphatic carboxylic acids is 1. The summed E-state index contributed by atoms with van der Waals surface area (Å²) in [5.41, 5.74) is 0. The van der Waals surface area contributed by atoms with Crippen molar-refractivity contribution in [1.29, 1.82) is 0 Å². The molecular weight excluding hydrogens is 254 g/mol. The average molecular weight is 283 g/mol. The normalized spacial score (nSPS) is 27.2. The van der Waals surface area contributed by atoms with Crippen LogP contribution in [0.3, 0.4) is 0 Å². The van der Waals surface area contributed by atoms with E-state index < -0.39 is 11.9 Å². The van der Waals surface area contributed by atoms with Gasteiger partial charge in [0, 0.05) is 6.04 Å². The van der Waals surface area contributed by atoms with Crippen molar-refractivity contribution in [3.63, 3.8) is 0 Å². The van der Waals surface area contributed by atoms with Crippen molar-refractivity contribution < 1.29 is 14.7 Å². The number of carboxylic acid groups (broad SMARTS) is 1. The molecule has 20 heavy (non-hydrogen) atoms. The summed E-state index contributed by atoms with van der Waals surface area (Å²) in [7, 11) is 0. The Balaban J connectivity index is 2.39. The third-order valence-electron chi connectivity index (χ3n) is 4.33. The molecule has 1 fully saturated rings. The molecule has 0 heterocycles. The molecule has 4 heteroatoms. The van der Waals surface area contributed by atoms with Crippen LogP contribution in [-0.2, 0) is 9.59 Å². The van der Waals surface area contributed by atoms with Crippen LogP contribution in [0.1, 0.15) is 65.7 Å². The summed E-state index contributed by atoms with van der Waals surface area (Å²) in [5.74, 6) is -1.42. The molecule has 0 spiro atoms. The fraction of sp³-hybridized carbons (Fsp3) is 0.875. The highest BCUT2D eigenvalue weighted by atomic mass is 16.4. The van der Waals surface area contributed by atoms with E-state index >= 15 is 0 Å². The van der Waals surface area contributed by atoms with Gasteiger partial charge in [0.05, 0.1) is 11.8 Å². The van der Waals surface area contributed by atoms with Crippen LogP contribution < -0.4 is 5.32 Å². The smallest absolute Gasteiger partial charge is 0.307 e. The Labute approximate surface area is 122 Å². The van der Waals surface area contributed by atoms with Gasteiger partial charge < -0.3 is 10.4 Å². The van der Waals surface area contributed by atoms with E-state index in [0.29, 0.717) is 18.8 Å². The van der Waals surface area contributed by atoms with Gasteiger partial charge in [-0.05, 0) is 32.1 Å². The lowest BCUT2D eigenvalue weighted by Gasteiger charge is -2.19. The van der Waals surface area contributed by atoms with Gasteiger partial charge in [-0.25, -0.2) is 0 Å². The lowest BCUT2D eigenvalue weighted by Crippen LogP contribution is -2.40. The largest absolute Gasteiger partial charge is 0.481 e. The van der Waals surface area contributed by atoms with E-state index in [-0.39, 0.29) is 17.9 Å². The van der Waals surface area contributed by atoms with Crippen LogP contribution in [0.4, 0.5) is 0 Å². The summed E-state index contributed by atoms with van der Waals surface area (Å²) >= 11 is 0. The number of unbranched alkanes of at least 4 members (excludes halogenated alkanes) is 3. The van der Waals surface area contributed by atoms with Crippen LogP contribution in [0, 0.1) is 17.8 Å². The van der Waals surface area contributed by atoms with Crippen molar-refractivity contribution in [3.8, 4) is 0 Å². The SMILES string of the molecule is CCCCCCC(C)NC(=O)[C@H]1CC(C)C[C@H]1C(=O)O. The Morgan fingerprint density at radius 1 is 1.20 bits per heavy atom. The number of hydrogen-bond acceptors (Lipinski definition) is 2. The lowest BCUT2D eigenvalue weighted by atomic mass is 9.95. The number of hydrogen-bond donors (Lipinski definition) is 2. The fourth-order valence-electron chi connectivity index (χ4n) is 3.15. The van der Waals surface area contributed by atoms with Crippen LogP contribution in [0.2, 0.25) is 0 Å². The first kappa shape index (κ1) is 17.0. The summed E-state index contributed by atoms with van der Waals surface area (Å²) in [5, 5.41) is 12.2. The Kier molecular flexibility index (Phi) is 7.03. The van der Waals surface area contributed by atoms with Gasteiger partial charge in [-0.3, -0.25) is 9.59 Å². The maximum absolute atomic E-state index is 12.2. The quantitative estimate of drug-likeness (QED) is 0.672. The molecule has 4 nitrogen and oxygen atoms in total. The first-order valence-corrected chi connectivity index (χ1v) is 7.98. The van der Waals surface area contributed by atoms with Gasteiger partial charge >= 0.3 is 5.97 Å². The third-order valence-corrected chi connectivity index (χ3v) is 4.33. The first-order chi connectivity index (χ1) is 9.45. The molecule has 2 unspecified atom stereocenters. The van der Waals surface area contributed by atoms with Crippen LogP contribution in [0.25, 0.3) is 0 Å².